The molecular formula is C18H18O6S2. The number of carbonyl (C=O) groups is 4. The van der Waals surface area contributed by atoms with Gasteiger partial charge in [0.1, 0.15) is 11.8 Å². The van der Waals surface area contributed by atoms with Crippen LogP contribution in [0.1, 0.15) is 33.2 Å². The van der Waals surface area contributed by atoms with Gasteiger partial charge in [0.15, 0.2) is 11.6 Å². The highest BCUT2D eigenvalue weighted by Gasteiger charge is 2.46. The summed E-state index contributed by atoms with van der Waals surface area (Å²) in [6.45, 7) is 3.22. The summed E-state index contributed by atoms with van der Waals surface area (Å²) in [5, 5.41) is 3.35. The number of thiophene rings is 2. The molecule has 0 spiro atoms. The second-order valence-corrected chi connectivity index (χ2v) is 7.04. The Labute approximate surface area is 158 Å². The number of esters is 2. The lowest BCUT2D eigenvalue weighted by atomic mass is 9.84. The minimum atomic E-state index is -1.58. The highest BCUT2D eigenvalue weighted by atomic mass is 32.1. The quantitative estimate of drug-likeness (QED) is 0.369. The minimum Gasteiger partial charge on any atom is -0.465 e. The van der Waals surface area contributed by atoms with Crippen LogP contribution in [0.15, 0.2) is 35.0 Å². The van der Waals surface area contributed by atoms with Crippen molar-refractivity contribution in [2.45, 2.75) is 13.8 Å². The van der Waals surface area contributed by atoms with Gasteiger partial charge in [0.05, 0.1) is 23.0 Å². The zero-order valence-corrected chi connectivity index (χ0v) is 15.9. The van der Waals surface area contributed by atoms with Gasteiger partial charge in [-0.3, -0.25) is 19.2 Å². The highest BCUT2D eigenvalue weighted by Crippen LogP contribution is 2.28. The van der Waals surface area contributed by atoms with Crippen LogP contribution in [0, 0.1) is 11.8 Å². The Morgan fingerprint density at radius 3 is 1.46 bits per heavy atom. The molecule has 0 radical (unpaired) electrons. The van der Waals surface area contributed by atoms with Crippen LogP contribution in [0.25, 0.3) is 0 Å². The number of hydrogen-bond donors (Lipinski definition) is 0. The van der Waals surface area contributed by atoms with Crippen molar-refractivity contribution in [1.82, 2.24) is 0 Å². The van der Waals surface area contributed by atoms with E-state index in [2.05, 4.69) is 0 Å². The van der Waals surface area contributed by atoms with E-state index in [9.17, 15) is 19.2 Å². The van der Waals surface area contributed by atoms with Crippen molar-refractivity contribution in [3.05, 3.63) is 44.8 Å². The number of ketones is 2. The van der Waals surface area contributed by atoms with Crippen LogP contribution in [0.4, 0.5) is 0 Å². The fourth-order valence-corrected chi connectivity index (χ4v) is 3.81. The van der Waals surface area contributed by atoms with E-state index < -0.39 is 35.3 Å². The molecule has 2 atom stereocenters. The number of Topliss-reactive ketones (excluding diaryl/α,β-unsaturated/α-hetero) is 2. The molecule has 0 saturated heterocycles. The average Bonchev–Trinajstić information content (AvgIpc) is 3.32. The topological polar surface area (TPSA) is 86.7 Å². The monoisotopic (exact) mass is 394 g/mol. The van der Waals surface area contributed by atoms with Crippen molar-refractivity contribution < 1.29 is 28.7 Å². The molecule has 138 valence electrons. The lowest BCUT2D eigenvalue weighted by Gasteiger charge is -2.21. The van der Waals surface area contributed by atoms with Crippen molar-refractivity contribution in [2.75, 3.05) is 13.2 Å². The fourth-order valence-electron chi connectivity index (χ4n) is 2.40. The van der Waals surface area contributed by atoms with Crippen molar-refractivity contribution in [3.8, 4) is 0 Å². The number of rotatable bonds is 9. The summed E-state index contributed by atoms with van der Waals surface area (Å²) in [5.74, 6) is -6.23. The van der Waals surface area contributed by atoms with Gasteiger partial charge < -0.3 is 9.47 Å². The van der Waals surface area contributed by atoms with E-state index in [-0.39, 0.29) is 23.0 Å². The van der Waals surface area contributed by atoms with E-state index in [1.807, 2.05) is 0 Å². The van der Waals surface area contributed by atoms with E-state index in [4.69, 9.17) is 9.47 Å². The molecule has 2 rings (SSSR count). The third-order valence-electron chi connectivity index (χ3n) is 3.51. The standard InChI is InChI=1S/C18H18O6S2/c1-3-23-17(21)13(15(19)11-7-5-9-25-11)14(18(22)24-4-2)16(20)12-8-6-10-26-12/h5-10,13-14H,3-4H2,1-2H3. The van der Waals surface area contributed by atoms with E-state index >= 15 is 0 Å². The Hall–Kier alpha value is -2.32. The van der Waals surface area contributed by atoms with Crippen LogP contribution in [0.5, 0.6) is 0 Å². The van der Waals surface area contributed by atoms with Crippen molar-refractivity contribution in [3.63, 3.8) is 0 Å². The minimum absolute atomic E-state index is 0.0236. The normalized spacial score (nSPS) is 12.8. The second kappa shape index (κ2) is 9.40. The third-order valence-corrected chi connectivity index (χ3v) is 5.28. The molecule has 0 saturated carbocycles. The number of hydrogen-bond acceptors (Lipinski definition) is 8. The maximum absolute atomic E-state index is 12.9. The summed E-state index contributed by atoms with van der Waals surface area (Å²) in [7, 11) is 0. The first-order chi connectivity index (χ1) is 12.5. The van der Waals surface area contributed by atoms with Gasteiger partial charge in [-0.15, -0.1) is 22.7 Å². The molecule has 0 bridgehead atoms. The van der Waals surface area contributed by atoms with Crippen LogP contribution in [-0.2, 0) is 19.1 Å². The third kappa shape index (κ3) is 4.44. The SMILES string of the molecule is CCOC(=O)C(C(=O)c1cccs1)C(C(=O)OCC)C(=O)c1cccs1. The largest absolute Gasteiger partial charge is 0.465 e. The molecule has 2 aromatic heterocycles. The Morgan fingerprint density at radius 1 is 0.808 bits per heavy atom. The molecular weight excluding hydrogens is 376 g/mol. The van der Waals surface area contributed by atoms with E-state index in [0.29, 0.717) is 0 Å². The molecule has 0 aromatic carbocycles. The van der Waals surface area contributed by atoms with Crippen LogP contribution >= 0.6 is 22.7 Å². The van der Waals surface area contributed by atoms with Gasteiger partial charge in [0.25, 0.3) is 0 Å². The van der Waals surface area contributed by atoms with Crippen LogP contribution in [0.2, 0.25) is 0 Å². The molecule has 26 heavy (non-hydrogen) atoms. The number of carbonyl (C=O) groups excluding carboxylic acids is 4. The van der Waals surface area contributed by atoms with Gasteiger partial charge in [0, 0.05) is 0 Å². The lowest BCUT2D eigenvalue weighted by molar-refractivity contribution is -0.156. The van der Waals surface area contributed by atoms with Crippen LogP contribution in [0.3, 0.4) is 0 Å². The van der Waals surface area contributed by atoms with Gasteiger partial charge in [-0.2, -0.15) is 0 Å². The van der Waals surface area contributed by atoms with Crippen LogP contribution in [-0.4, -0.2) is 36.7 Å². The zero-order valence-electron chi connectivity index (χ0n) is 14.3. The summed E-state index contributed by atoms with van der Waals surface area (Å²) >= 11 is 2.26. The first-order valence-electron chi connectivity index (χ1n) is 7.99. The van der Waals surface area contributed by atoms with E-state index in [1.54, 1.807) is 36.7 Å². The summed E-state index contributed by atoms with van der Waals surface area (Å²) in [6, 6.07) is 6.38. The first-order valence-corrected chi connectivity index (χ1v) is 9.75. The van der Waals surface area contributed by atoms with Gasteiger partial charge >= 0.3 is 11.9 Å². The Kier molecular flexibility index (Phi) is 7.23. The second-order valence-electron chi connectivity index (χ2n) is 5.14. The Balaban J connectivity index is 2.49. The molecule has 6 nitrogen and oxygen atoms in total. The molecule has 2 aromatic rings. The van der Waals surface area contributed by atoms with Crippen molar-refractivity contribution in [2.24, 2.45) is 11.8 Å². The fraction of sp³-hybridized carbons (Fsp3) is 0.333. The predicted octanol–water partition coefficient (Wildman–Crippen LogP) is 3.23. The summed E-state index contributed by atoms with van der Waals surface area (Å²) < 4.78 is 9.98. The van der Waals surface area contributed by atoms with E-state index in [1.165, 1.54) is 12.1 Å². The average molecular weight is 394 g/mol. The molecule has 8 heteroatoms. The van der Waals surface area contributed by atoms with E-state index in [0.717, 1.165) is 22.7 Å². The first kappa shape index (κ1) is 20.0. The Bertz CT molecular complexity index is 697. The molecule has 2 heterocycles. The maximum atomic E-state index is 12.9. The lowest BCUT2D eigenvalue weighted by Crippen LogP contribution is -2.42. The predicted molar refractivity (Wildman–Crippen MR) is 97.5 cm³/mol. The van der Waals surface area contributed by atoms with Gasteiger partial charge in [-0.25, -0.2) is 0 Å². The maximum Gasteiger partial charge on any atom is 0.318 e. The van der Waals surface area contributed by atoms with Crippen molar-refractivity contribution >= 4 is 46.2 Å². The summed E-state index contributed by atoms with van der Waals surface area (Å²) in [5.41, 5.74) is 0. The summed E-state index contributed by atoms with van der Waals surface area (Å²) in [6.07, 6.45) is 0. The zero-order chi connectivity index (χ0) is 19.1. The highest BCUT2D eigenvalue weighted by molar-refractivity contribution is 7.12. The molecule has 0 amide bonds. The molecule has 0 aliphatic heterocycles. The van der Waals surface area contributed by atoms with Gasteiger partial charge in [-0.05, 0) is 36.7 Å². The smallest absolute Gasteiger partial charge is 0.318 e. The van der Waals surface area contributed by atoms with Crippen LogP contribution < -0.4 is 0 Å². The molecule has 0 N–H and O–H groups in total. The Morgan fingerprint density at radius 2 is 1.19 bits per heavy atom. The van der Waals surface area contributed by atoms with Crippen molar-refractivity contribution in [1.29, 1.82) is 0 Å². The van der Waals surface area contributed by atoms with Gasteiger partial charge in [0.2, 0.25) is 0 Å². The molecule has 0 fully saturated rings. The molecule has 0 aliphatic rings. The number of ether oxygens (including phenoxy) is 2. The molecule has 0 aliphatic carbocycles. The molecule has 2 unspecified atom stereocenters. The summed E-state index contributed by atoms with van der Waals surface area (Å²) in [4.78, 5) is 51.4. The van der Waals surface area contributed by atoms with Gasteiger partial charge in [-0.1, -0.05) is 12.1 Å².